The van der Waals surface area contributed by atoms with E-state index in [4.69, 9.17) is 26.8 Å². The van der Waals surface area contributed by atoms with E-state index in [1.54, 1.807) is 4.68 Å². The molecule has 2 aliphatic heterocycles. The van der Waals surface area contributed by atoms with Crippen LogP contribution in [0.2, 0.25) is 0 Å². The van der Waals surface area contributed by atoms with Gasteiger partial charge in [-0.2, -0.15) is 9.90 Å². The first-order chi connectivity index (χ1) is 14.1. The van der Waals surface area contributed by atoms with Crippen LogP contribution in [0.3, 0.4) is 0 Å². The Hall–Kier alpha value is -2.76. The molecule has 3 aromatic rings. The van der Waals surface area contributed by atoms with E-state index in [2.05, 4.69) is 15.4 Å². The van der Waals surface area contributed by atoms with Crippen LogP contribution in [0.5, 0.6) is 0 Å². The first-order valence-corrected chi connectivity index (χ1v) is 9.86. The van der Waals surface area contributed by atoms with Crippen LogP contribution >= 0.6 is 12.2 Å². The highest BCUT2D eigenvalue weighted by molar-refractivity contribution is 7.71. The summed E-state index contributed by atoms with van der Waals surface area (Å²) < 4.78 is 15.2. The number of carbonyl (C=O) groups is 1. The Bertz CT molecular complexity index is 1110. The van der Waals surface area contributed by atoms with Crippen LogP contribution in [0, 0.1) is 4.77 Å². The number of tetrazole rings is 1. The summed E-state index contributed by atoms with van der Waals surface area (Å²) >= 11 is 5.63. The Morgan fingerprint density at radius 2 is 2.07 bits per heavy atom. The number of aromatic nitrogens is 7. The second kappa shape index (κ2) is 7.25. The van der Waals surface area contributed by atoms with Gasteiger partial charge in [-0.3, -0.25) is 4.79 Å². The van der Waals surface area contributed by atoms with Gasteiger partial charge in [0.05, 0.1) is 12.6 Å². The Labute approximate surface area is 171 Å². The van der Waals surface area contributed by atoms with E-state index in [0.717, 1.165) is 5.56 Å². The van der Waals surface area contributed by atoms with Gasteiger partial charge < -0.3 is 14.0 Å². The summed E-state index contributed by atoms with van der Waals surface area (Å²) in [6.07, 6.45) is -0.677. The van der Waals surface area contributed by atoms with Crippen molar-refractivity contribution in [1.82, 2.24) is 34.6 Å². The molecule has 3 atom stereocenters. The second-order valence-electron chi connectivity index (χ2n) is 6.97. The van der Waals surface area contributed by atoms with Crippen LogP contribution in [0.4, 0.5) is 0 Å². The number of hydrogen-bond acceptors (Lipinski definition) is 8. The third kappa shape index (κ3) is 3.20. The van der Waals surface area contributed by atoms with Crippen LogP contribution in [-0.2, 0) is 27.4 Å². The molecule has 2 fully saturated rings. The summed E-state index contributed by atoms with van der Waals surface area (Å²) in [5.41, 5.74) is 0.894. The Morgan fingerprint density at radius 1 is 1.24 bits per heavy atom. The van der Waals surface area contributed by atoms with E-state index in [0.29, 0.717) is 42.5 Å². The van der Waals surface area contributed by atoms with Crippen molar-refractivity contribution in [2.24, 2.45) is 0 Å². The molecular formula is C18H19N7O3S. The minimum Gasteiger partial charge on any atom is -0.343 e. The molecule has 0 saturated carbocycles. The highest BCUT2D eigenvalue weighted by Gasteiger charge is 2.45. The molecule has 0 amide bonds. The topological polar surface area (TPSA) is 102 Å². The molecule has 10 nitrogen and oxygen atoms in total. The van der Waals surface area contributed by atoms with Gasteiger partial charge in [0.1, 0.15) is 12.6 Å². The zero-order valence-corrected chi connectivity index (χ0v) is 16.5. The molecule has 5 rings (SSSR count). The molecule has 29 heavy (non-hydrogen) atoms. The van der Waals surface area contributed by atoms with Crippen molar-refractivity contribution in [2.75, 3.05) is 6.61 Å². The number of carbonyl (C=O) groups excluding carboxylic acids is 1. The van der Waals surface area contributed by atoms with E-state index in [1.165, 1.54) is 4.80 Å². The summed E-state index contributed by atoms with van der Waals surface area (Å²) in [6, 6.07) is 9.38. The summed E-state index contributed by atoms with van der Waals surface area (Å²) in [5.74, 6) is 1.17. The predicted octanol–water partition coefficient (Wildman–Crippen LogP) is 1.39. The van der Waals surface area contributed by atoms with Crippen LogP contribution in [0.25, 0.3) is 11.4 Å². The lowest BCUT2D eigenvalue weighted by Gasteiger charge is -2.26. The standard InChI is InChI=1S/C18H19N7O3S/c1-2-23-15(9-24-21-16(19-22-24)11-6-4-3-5-7-11)20-25(18(23)29)12-8-13(26)17-27-10-14(12)28-17/h3-7,12,14,17H,2,8-10H2,1H3/t12-,14+,17+/m1/s1. The van der Waals surface area contributed by atoms with Gasteiger partial charge in [-0.15, -0.1) is 10.2 Å². The van der Waals surface area contributed by atoms with Crippen molar-refractivity contribution in [2.45, 2.75) is 44.9 Å². The van der Waals surface area contributed by atoms with Gasteiger partial charge >= 0.3 is 0 Å². The lowest BCUT2D eigenvalue weighted by Crippen LogP contribution is -2.37. The van der Waals surface area contributed by atoms with Crippen molar-refractivity contribution in [3.63, 3.8) is 0 Å². The maximum Gasteiger partial charge on any atom is 0.218 e. The average molecular weight is 413 g/mol. The van der Waals surface area contributed by atoms with Crippen LogP contribution in [0.1, 0.15) is 25.2 Å². The van der Waals surface area contributed by atoms with Crippen LogP contribution < -0.4 is 0 Å². The molecule has 0 aliphatic carbocycles. The third-order valence-electron chi connectivity index (χ3n) is 5.17. The number of ether oxygens (including phenoxy) is 2. The fourth-order valence-electron chi connectivity index (χ4n) is 3.71. The van der Waals surface area contributed by atoms with Crippen molar-refractivity contribution in [3.8, 4) is 11.4 Å². The quantitative estimate of drug-likeness (QED) is 0.579. The highest BCUT2D eigenvalue weighted by atomic mass is 32.1. The van der Waals surface area contributed by atoms with E-state index in [1.807, 2.05) is 41.8 Å². The number of Topliss-reactive ketones (excluding diaryl/α,β-unsaturated/α-hetero) is 1. The summed E-state index contributed by atoms with van der Waals surface area (Å²) in [4.78, 5) is 13.7. The predicted molar refractivity (Wildman–Crippen MR) is 102 cm³/mol. The fourth-order valence-corrected chi connectivity index (χ4v) is 4.12. The van der Waals surface area contributed by atoms with Crippen molar-refractivity contribution >= 4 is 18.0 Å². The fraction of sp³-hybridized carbons (Fsp3) is 0.444. The average Bonchev–Trinajstić information content (AvgIpc) is 3.45. The molecule has 11 heteroatoms. The number of rotatable bonds is 5. The molecule has 0 unspecified atom stereocenters. The van der Waals surface area contributed by atoms with Crippen molar-refractivity contribution < 1.29 is 14.3 Å². The largest absolute Gasteiger partial charge is 0.343 e. The van der Waals surface area contributed by atoms with E-state index < -0.39 is 6.29 Å². The molecule has 2 aromatic heterocycles. The van der Waals surface area contributed by atoms with Gasteiger partial charge in [0.2, 0.25) is 12.1 Å². The molecule has 4 heterocycles. The molecule has 0 radical (unpaired) electrons. The Balaban J connectivity index is 1.44. The summed E-state index contributed by atoms with van der Waals surface area (Å²) in [7, 11) is 0. The Morgan fingerprint density at radius 3 is 2.86 bits per heavy atom. The van der Waals surface area contributed by atoms with Crippen LogP contribution in [0.15, 0.2) is 30.3 Å². The minimum atomic E-state index is -0.742. The SMILES string of the molecule is CCn1c(Cn2nnc(-c3ccccc3)n2)nn([C@@H]2CC(=O)[C@H]3OC[C@@H]2O3)c1=S. The molecule has 2 saturated heterocycles. The number of ketones is 1. The normalized spacial score (nSPS) is 23.6. The molecule has 150 valence electrons. The lowest BCUT2D eigenvalue weighted by molar-refractivity contribution is -0.156. The monoisotopic (exact) mass is 413 g/mol. The summed E-state index contributed by atoms with van der Waals surface area (Å²) in [5, 5.41) is 17.4. The number of benzene rings is 1. The first kappa shape index (κ1) is 18.3. The maximum atomic E-state index is 12.2. The van der Waals surface area contributed by atoms with Gasteiger partial charge in [-0.1, -0.05) is 30.3 Å². The first-order valence-electron chi connectivity index (χ1n) is 9.45. The van der Waals surface area contributed by atoms with Gasteiger partial charge in [-0.05, 0) is 24.4 Å². The number of hydrogen-bond donors (Lipinski definition) is 0. The zero-order chi connectivity index (χ0) is 20.0. The molecule has 1 aromatic carbocycles. The van der Waals surface area contributed by atoms with Crippen LogP contribution in [-0.4, -0.2) is 59.3 Å². The zero-order valence-electron chi connectivity index (χ0n) is 15.7. The van der Waals surface area contributed by atoms with E-state index in [-0.39, 0.29) is 17.9 Å². The third-order valence-corrected chi connectivity index (χ3v) is 5.58. The molecule has 0 spiro atoms. The van der Waals surface area contributed by atoms with Gasteiger partial charge in [0, 0.05) is 18.5 Å². The number of fused-ring (bicyclic) bond motifs is 2. The maximum absolute atomic E-state index is 12.2. The van der Waals surface area contributed by atoms with Gasteiger partial charge in [-0.25, -0.2) is 4.68 Å². The van der Waals surface area contributed by atoms with E-state index in [9.17, 15) is 4.79 Å². The van der Waals surface area contributed by atoms with Gasteiger partial charge in [0.25, 0.3) is 0 Å². The summed E-state index contributed by atoms with van der Waals surface area (Å²) in [6.45, 7) is 3.31. The van der Waals surface area contributed by atoms with Crippen molar-refractivity contribution in [3.05, 3.63) is 40.9 Å². The lowest BCUT2D eigenvalue weighted by atomic mass is 10.0. The molecular weight excluding hydrogens is 394 g/mol. The van der Waals surface area contributed by atoms with Gasteiger partial charge in [0.15, 0.2) is 16.4 Å². The second-order valence-corrected chi connectivity index (χ2v) is 7.34. The number of nitrogens with zero attached hydrogens (tertiary/aromatic N) is 7. The highest BCUT2D eigenvalue weighted by Crippen LogP contribution is 2.33. The van der Waals surface area contributed by atoms with E-state index >= 15 is 0 Å². The minimum absolute atomic E-state index is 0.0799. The Kier molecular flexibility index (Phi) is 4.57. The molecule has 2 bridgehead atoms. The van der Waals surface area contributed by atoms with Crippen molar-refractivity contribution in [1.29, 1.82) is 0 Å². The molecule has 0 N–H and O–H groups in total. The smallest absolute Gasteiger partial charge is 0.218 e. The molecule has 2 aliphatic rings.